The van der Waals surface area contributed by atoms with Crippen LogP contribution in [0.15, 0.2) is 15.9 Å². The topological polar surface area (TPSA) is 15.3 Å². The first-order chi connectivity index (χ1) is 8.81. The molecule has 0 spiro atoms. The highest BCUT2D eigenvalue weighted by Crippen LogP contribution is 2.46. The van der Waals surface area contributed by atoms with Gasteiger partial charge in [-0.2, -0.15) is 0 Å². The number of likely N-dealkylation sites (tertiary alicyclic amines) is 1. The predicted molar refractivity (Wildman–Crippen MR) is 81.1 cm³/mol. The second-order valence-electron chi connectivity index (χ2n) is 5.51. The van der Waals surface area contributed by atoms with E-state index in [-0.39, 0.29) is 0 Å². The zero-order chi connectivity index (χ0) is 12.5. The number of hydrogen-bond acceptors (Lipinski definition) is 3. The lowest BCUT2D eigenvalue weighted by Crippen LogP contribution is -2.43. The third-order valence-corrected chi connectivity index (χ3v) is 6.13. The average molecular weight is 329 g/mol. The summed E-state index contributed by atoms with van der Waals surface area (Å²) in [5.74, 6) is 0.763. The van der Waals surface area contributed by atoms with Gasteiger partial charge in [-0.25, -0.2) is 0 Å². The van der Waals surface area contributed by atoms with Crippen LogP contribution in [0.1, 0.15) is 36.6 Å². The Kier molecular flexibility index (Phi) is 4.09. The summed E-state index contributed by atoms with van der Waals surface area (Å²) < 4.78 is 1.31. The van der Waals surface area contributed by atoms with Gasteiger partial charge in [0.25, 0.3) is 0 Å². The highest BCUT2D eigenvalue weighted by Gasteiger charge is 2.41. The molecule has 1 N–H and O–H groups in total. The van der Waals surface area contributed by atoms with E-state index in [1.807, 2.05) is 11.3 Å². The van der Waals surface area contributed by atoms with Crippen LogP contribution in [0.25, 0.3) is 0 Å². The van der Waals surface area contributed by atoms with Crippen molar-refractivity contribution in [1.29, 1.82) is 0 Å². The van der Waals surface area contributed by atoms with Crippen molar-refractivity contribution in [3.8, 4) is 0 Å². The first-order valence-corrected chi connectivity index (χ1v) is 8.61. The quantitative estimate of drug-likeness (QED) is 0.907. The Labute approximate surface area is 122 Å². The number of rotatable bonds is 4. The summed E-state index contributed by atoms with van der Waals surface area (Å²) in [7, 11) is 2.08. The van der Waals surface area contributed by atoms with E-state index in [1.54, 1.807) is 4.88 Å². The fourth-order valence-electron chi connectivity index (χ4n) is 3.28. The van der Waals surface area contributed by atoms with Crippen LogP contribution < -0.4 is 5.32 Å². The van der Waals surface area contributed by atoms with Gasteiger partial charge in [-0.15, -0.1) is 11.3 Å². The average Bonchev–Trinajstić information content (AvgIpc) is 3.13. The molecule has 2 atom stereocenters. The van der Waals surface area contributed by atoms with Crippen molar-refractivity contribution in [2.24, 2.45) is 5.92 Å². The number of halogens is 1. The lowest BCUT2D eigenvalue weighted by molar-refractivity contribution is 0.0865. The van der Waals surface area contributed by atoms with Gasteiger partial charge in [0.15, 0.2) is 0 Å². The summed E-state index contributed by atoms with van der Waals surface area (Å²) in [6.07, 6.45) is 5.54. The van der Waals surface area contributed by atoms with Gasteiger partial charge >= 0.3 is 0 Å². The maximum Gasteiger partial charge on any atom is 0.0496 e. The molecule has 2 aliphatic rings. The summed E-state index contributed by atoms with van der Waals surface area (Å²) in [6.45, 7) is 2.43. The van der Waals surface area contributed by atoms with Gasteiger partial charge < -0.3 is 5.32 Å². The largest absolute Gasteiger partial charge is 0.319 e. The fraction of sp³-hybridized carbons (Fsp3) is 0.714. The van der Waals surface area contributed by atoms with Crippen molar-refractivity contribution >= 4 is 27.3 Å². The van der Waals surface area contributed by atoms with E-state index in [1.165, 1.54) is 36.7 Å². The van der Waals surface area contributed by atoms with Gasteiger partial charge in [0.2, 0.25) is 0 Å². The normalized spacial score (nSPS) is 29.7. The molecule has 0 bridgehead atoms. The molecule has 0 amide bonds. The number of thiophene rings is 1. The third kappa shape index (κ3) is 2.53. The molecule has 2 nitrogen and oxygen atoms in total. The van der Waals surface area contributed by atoms with Crippen LogP contribution in [-0.2, 0) is 0 Å². The molecule has 1 aromatic heterocycles. The minimum Gasteiger partial charge on any atom is -0.319 e. The molecule has 1 aliphatic heterocycles. The molecule has 4 heteroatoms. The zero-order valence-corrected chi connectivity index (χ0v) is 13.3. The maximum atomic E-state index is 3.74. The summed E-state index contributed by atoms with van der Waals surface area (Å²) >= 11 is 5.66. The fourth-order valence-corrected chi connectivity index (χ4v) is 5.10. The van der Waals surface area contributed by atoms with Crippen molar-refractivity contribution in [3.05, 3.63) is 20.8 Å². The first kappa shape index (κ1) is 13.1. The van der Waals surface area contributed by atoms with Crippen LogP contribution in [0.4, 0.5) is 0 Å². The van der Waals surface area contributed by atoms with Gasteiger partial charge in [-0.1, -0.05) is 0 Å². The minimum absolute atomic E-state index is 0.632. The molecule has 1 aliphatic carbocycles. The second kappa shape index (κ2) is 5.61. The van der Waals surface area contributed by atoms with E-state index in [9.17, 15) is 0 Å². The van der Waals surface area contributed by atoms with Gasteiger partial charge in [-0.3, -0.25) is 4.90 Å². The van der Waals surface area contributed by atoms with Gasteiger partial charge in [0.1, 0.15) is 0 Å². The van der Waals surface area contributed by atoms with E-state index in [0.29, 0.717) is 6.04 Å². The molecule has 2 heterocycles. The Morgan fingerprint density at radius 3 is 2.89 bits per heavy atom. The molecule has 2 fully saturated rings. The molecular weight excluding hydrogens is 308 g/mol. The molecule has 1 aromatic rings. The number of hydrogen-bond donors (Lipinski definition) is 1. The van der Waals surface area contributed by atoms with Crippen LogP contribution in [0.2, 0.25) is 0 Å². The number of nitrogens with zero attached hydrogens (tertiary/aromatic N) is 1. The first-order valence-electron chi connectivity index (χ1n) is 6.94. The standard InChI is InChI=1S/C14H21BrN2S/c1-16-9-10-3-2-7-17(11-4-5-11)13(10)14-12(15)6-8-18-14/h6,8,10-11,13,16H,2-5,7,9H2,1H3. The number of piperidine rings is 1. The van der Waals surface area contributed by atoms with E-state index >= 15 is 0 Å². The van der Waals surface area contributed by atoms with Crippen molar-refractivity contribution in [1.82, 2.24) is 10.2 Å². The SMILES string of the molecule is CNCC1CCCN(C2CC2)C1c1sccc1Br. The van der Waals surface area contributed by atoms with Crippen LogP contribution in [-0.4, -0.2) is 31.1 Å². The van der Waals surface area contributed by atoms with E-state index in [2.05, 4.69) is 44.6 Å². The third-order valence-electron chi connectivity index (χ3n) is 4.19. The maximum absolute atomic E-state index is 3.74. The molecule has 18 heavy (non-hydrogen) atoms. The Hall–Kier alpha value is 0.100. The second-order valence-corrected chi connectivity index (χ2v) is 7.31. The molecule has 100 valence electrons. The van der Waals surface area contributed by atoms with Crippen molar-refractivity contribution < 1.29 is 0 Å². The highest BCUT2D eigenvalue weighted by molar-refractivity contribution is 9.10. The van der Waals surface area contributed by atoms with Crippen LogP contribution >= 0.6 is 27.3 Å². The lowest BCUT2D eigenvalue weighted by atomic mass is 9.87. The van der Waals surface area contributed by atoms with Crippen molar-refractivity contribution in [3.63, 3.8) is 0 Å². The molecule has 3 rings (SSSR count). The monoisotopic (exact) mass is 328 g/mol. The molecule has 1 saturated carbocycles. The highest BCUT2D eigenvalue weighted by atomic mass is 79.9. The van der Waals surface area contributed by atoms with E-state index in [4.69, 9.17) is 0 Å². The summed E-state index contributed by atoms with van der Waals surface area (Å²) in [5, 5.41) is 5.61. The Balaban J connectivity index is 1.88. The van der Waals surface area contributed by atoms with Crippen molar-refractivity contribution in [2.45, 2.75) is 37.8 Å². The molecule has 2 unspecified atom stereocenters. The summed E-state index contributed by atoms with van der Waals surface area (Å²) in [5.41, 5.74) is 0. The smallest absolute Gasteiger partial charge is 0.0496 e. The van der Waals surface area contributed by atoms with Gasteiger partial charge in [0.05, 0.1) is 0 Å². The van der Waals surface area contributed by atoms with Crippen LogP contribution in [0.5, 0.6) is 0 Å². The predicted octanol–water partition coefficient (Wildman–Crippen LogP) is 3.65. The van der Waals surface area contributed by atoms with Gasteiger partial charge in [-0.05, 0) is 79.1 Å². The number of nitrogens with one attached hydrogen (secondary N) is 1. The van der Waals surface area contributed by atoms with Crippen LogP contribution in [0.3, 0.4) is 0 Å². The minimum atomic E-state index is 0.632. The van der Waals surface area contributed by atoms with Gasteiger partial charge in [0, 0.05) is 21.4 Å². The molecule has 0 radical (unpaired) electrons. The Morgan fingerprint density at radius 1 is 1.44 bits per heavy atom. The van der Waals surface area contributed by atoms with Crippen molar-refractivity contribution in [2.75, 3.05) is 20.1 Å². The Bertz CT molecular complexity index is 400. The van der Waals surface area contributed by atoms with E-state index in [0.717, 1.165) is 18.5 Å². The molecule has 0 aromatic carbocycles. The van der Waals surface area contributed by atoms with Crippen LogP contribution in [0, 0.1) is 5.92 Å². The lowest BCUT2D eigenvalue weighted by Gasteiger charge is -2.41. The Morgan fingerprint density at radius 2 is 2.28 bits per heavy atom. The molecule has 1 saturated heterocycles. The summed E-state index contributed by atoms with van der Waals surface area (Å²) in [4.78, 5) is 4.32. The van der Waals surface area contributed by atoms with E-state index < -0.39 is 0 Å². The zero-order valence-electron chi connectivity index (χ0n) is 10.9. The summed E-state index contributed by atoms with van der Waals surface area (Å²) in [6, 6.07) is 3.70. The molecular formula is C14H21BrN2S.